The molecule has 1 fully saturated rings. The monoisotopic (exact) mass is 469 g/mol. The molecule has 34 heavy (non-hydrogen) atoms. The van der Waals surface area contributed by atoms with Crippen LogP contribution >= 0.6 is 0 Å². The molecule has 184 valence electrons. The van der Waals surface area contributed by atoms with Crippen LogP contribution < -0.4 is 23.7 Å². The molecule has 0 bridgehead atoms. The van der Waals surface area contributed by atoms with E-state index in [4.69, 9.17) is 23.7 Å². The van der Waals surface area contributed by atoms with Gasteiger partial charge in [-0.3, -0.25) is 4.79 Å². The lowest BCUT2D eigenvalue weighted by Gasteiger charge is -2.16. The molecule has 1 aliphatic heterocycles. The van der Waals surface area contributed by atoms with Crippen molar-refractivity contribution in [2.45, 2.75) is 25.7 Å². The van der Waals surface area contributed by atoms with Gasteiger partial charge in [0.05, 0.1) is 35.0 Å². The number of ketones is 1. The van der Waals surface area contributed by atoms with E-state index >= 15 is 0 Å². The van der Waals surface area contributed by atoms with Gasteiger partial charge in [-0.05, 0) is 69.1 Å². The van der Waals surface area contributed by atoms with Crippen LogP contribution in [0.15, 0.2) is 36.4 Å². The number of hydrogen-bond acceptors (Lipinski definition) is 7. The third-order valence-electron chi connectivity index (χ3n) is 5.90. The second-order valence-corrected chi connectivity index (χ2v) is 8.12. The van der Waals surface area contributed by atoms with Gasteiger partial charge in [0.25, 0.3) is 0 Å². The Labute approximate surface area is 202 Å². The molecule has 0 unspecified atom stereocenters. The van der Waals surface area contributed by atoms with Gasteiger partial charge in [-0.1, -0.05) is 12.1 Å². The number of methoxy groups -OCH3 is 4. The van der Waals surface area contributed by atoms with Crippen LogP contribution in [-0.2, 0) is 0 Å². The molecule has 7 heteroatoms. The third-order valence-corrected chi connectivity index (χ3v) is 5.90. The molecule has 0 aromatic heterocycles. The second-order valence-electron chi connectivity index (χ2n) is 8.12. The van der Waals surface area contributed by atoms with Crippen molar-refractivity contribution in [2.75, 3.05) is 54.7 Å². The van der Waals surface area contributed by atoms with Crippen LogP contribution in [0.4, 0.5) is 0 Å². The van der Waals surface area contributed by atoms with Crippen molar-refractivity contribution < 1.29 is 28.5 Å². The summed E-state index contributed by atoms with van der Waals surface area (Å²) in [7, 11) is 6.27. The Hall–Kier alpha value is -3.19. The zero-order valence-electron chi connectivity index (χ0n) is 20.6. The summed E-state index contributed by atoms with van der Waals surface area (Å²) in [6.45, 7) is 3.99. The number of unbranched alkanes of at least 4 members (excludes halogenated alkanes) is 1. The van der Waals surface area contributed by atoms with E-state index in [-0.39, 0.29) is 5.78 Å². The Balaban J connectivity index is 1.74. The average molecular weight is 470 g/mol. The summed E-state index contributed by atoms with van der Waals surface area (Å²) in [4.78, 5) is 15.7. The predicted molar refractivity (Wildman–Crippen MR) is 133 cm³/mol. The number of carbonyl (C=O) groups is 1. The van der Waals surface area contributed by atoms with Gasteiger partial charge in [0.15, 0.2) is 17.3 Å². The molecule has 0 radical (unpaired) electrons. The molecule has 1 saturated heterocycles. The Morgan fingerprint density at radius 1 is 0.853 bits per heavy atom. The summed E-state index contributed by atoms with van der Waals surface area (Å²) in [5.74, 6) is 2.44. The maximum absolute atomic E-state index is 13.2. The summed E-state index contributed by atoms with van der Waals surface area (Å²) >= 11 is 0. The standard InChI is InChI=1S/C27H35NO6/c1-30-21-18-25(33-4)27(26(19-21)34-16-8-7-15-28-13-5-6-14-28)22(29)11-9-20-10-12-23(31-2)24(17-20)32-3/h9-12,17-19H,5-8,13-16H2,1-4H3. The van der Waals surface area contributed by atoms with Crippen molar-refractivity contribution >= 4 is 11.9 Å². The number of carbonyl (C=O) groups excluding carboxylic acids is 1. The first-order valence-corrected chi connectivity index (χ1v) is 11.6. The molecule has 2 aromatic carbocycles. The summed E-state index contributed by atoms with van der Waals surface area (Å²) in [6, 6.07) is 8.89. The summed E-state index contributed by atoms with van der Waals surface area (Å²) in [5, 5.41) is 0. The summed E-state index contributed by atoms with van der Waals surface area (Å²) in [6.07, 6.45) is 7.79. The van der Waals surface area contributed by atoms with Gasteiger partial charge in [-0.15, -0.1) is 0 Å². The van der Waals surface area contributed by atoms with Gasteiger partial charge in [-0.2, -0.15) is 0 Å². The molecule has 1 heterocycles. The highest BCUT2D eigenvalue weighted by Crippen LogP contribution is 2.35. The highest BCUT2D eigenvalue weighted by molar-refractivity contribution is 6.10. The van der Waals surface area contributed by atoms with Crippen LogP contribution in [0.25, 0.3) is 6.08 Å². The minimum atomic E-state index is -0.221. The number of likely N-dealkylation sites (tertiary alicyclic amines) is 1. The maximum atomic E-state index is 13.2. The Morgan fingerprint density at radius 3 is 2.24 bits per heavy atom. The SMILES string of the molecule is COc1cc(OC)c(C(=O)C=Cc2ccc(OC)c(OC)c2)c(OCCCCN2CCCC2)c1. The second kappa shape index (κ2) is 12.9. The first-order valence-electron chi connectivity index (χ1n) is 11.6. The van der Waals surface area contributed by atoms with Gasteiger partial charge in [-0.25, -0.2) is 0 Å². The van der Waals surface area contributed by atoms with Crippen LogP contribution in [-0.4, -0.2) is 65.4 Å². The van der Waals surface area contributed by atoms with Crippen LogP contribution in [0.1, 0.15) is 41.6 Å². The molecule has 2 aromatic rings. The minimum absolute atomic E-state index is 0.221. The fourth-order valence-corrected chi connectivity index (χ4v) is 4.04. The Bertz CT molecular complexity index is 981. The number of ether oxygens (including phenoxy) is 5. The lowest BCUT2D eigenvalue weighted by atomic mass is 10.1. The van der Waals surface area contributed by atoms with Crippen molar-refractivity contribution in [1.82, 2.24) is 4.90 Å². The molecule has 0 spiro atoms. The van der Waals surface area contributed by atoms with Gasteiger partial charge in [0.2, 0.25) is 0 Å². The summed E-state index contributed by atoms with van der Waals surface area (Å²) < 4.78 is 27.6. The van der Waals surface area contributed by atoms with Gasteiger partial charge in [0, 0.05) is 12.1 Å². The predicted octanol–water partition coefficient (Wildman–Crippen LogP) is 4.87. The lowest BCUT2D eigenvalue weighted by Crippen LogP contribution is -2.20. The zero-order valence-corrected chi connectivity index (χ0v) is 20.6. The van der Waals surface area contributed by atoms with E-state index in [0.29, 0.717) is 40.9 Å². The molecule has 3 rings (SSSR count). The number of benzene rings is 2. The van der Waals surface area contributed by atoms with Crippen molar-refractivity contribution in [3.63, 3.8) is 0 Å². The van der Waals surface area contributed by atoms with E-state index in [1.165, 1.54) is 39.1 Å². The van der Waals surface area contributed by atoms with Gasteiger partial charge < -0.3 is 28.6 Å². The average Bonchev–Trinajstić information content (AvgIpc) is 3.39. The van der Waals surface area contributed by atoms with Crippen LogP contribution in [0.2, 0.25) is 0 Å². The Morgan fingerprint density at radius 2 is 1.56 bits per heavy atom. The van der Waals surface area contributed by atoms with E-state index < -0.39 is 0 Å². The van der Waals surface area contributed by atoms with Crippen molar-refractivity contribution in [2.24, 2.45) is 0 Å². The molecule has 0 atom stereocenters. The largest absolute Gasteiger partial charge is 0.496 e. The number of nitrogens with zero attached hydrogens (tertiary/aromatic N) is 1. The quantitative estimate of drug-likeness (QED) is 0.235. The minimum Gasteiger partial charge on any atom is -0.496 e. The molecule has 0 amide bonds. The molecule has 0 N–H and O–H groups in total. The van der Waals surface area contributed by atoms with Crippen molar-refractivity contribution in [1.29, 1.82) is 0 Å². The highest BCUT2D eigenvalue weighted by Gasteiger charge is 2.19. The molecule has 7 nitrogen and oxygen atoms in total. The molecular weight excluding hydrogens is 434 g/mol. The molecular formula is C27H35NO6. The van der Waals surface area contributed by atoms with Crippen molar-refractivity contribution in [3.05, 3.63) is 47.5 Å². The van der Waals surface area contributed by atoms with Gasteiger partial charge in [0.1, 0.15) is 22.8 Å². The Kier molecular flexibility index (Phi) is 9.64. The molecule has 0 aliphatic carbocycles. The number of allylic oxidation sites excluding steroid dienone is 1. The first kappa shape index (κ1) is 25.4. The van der Waals surface area contributed by atoms with E-state index in [9.17, 15) is 4.79 Å². The zero-order chi connectivity index (χ0) is 24.3. The fourth-order valence-electron chi connectivity index (χ4n) is 4.04. The molecule has 0 saturated carbocycles. The third kappa shape index (κ3) is 6.67. The van der Waals surface area contributed by atoms with Crippen LogP contribution in [0.5, 0.6) is 28.7 Å². The molecule has 1 aliphatic rings. The number of rotatable bonds is 13. The van der Waals surface area contributed by atoms with Crippen LogP contribution in [0, 0.1) is 0 Å². The van der Waals surface area contributed by atoms with E-state index in [1.54, 1.807) is 45.6 Å². The maximum Gasteiger partial charge on any atom is 0.193 e. The van der Waals surface area contributed by atoms with E-state index in [0.717, 1.165) is 24.9 Å². The van der Waals surface area contributed by atoms with E-state index in [1.807, 2.05) is 12.1 Å². The highest BCUT2D eigenvalue weighted by atomic mass is 16.5. The fraction of sp³-hybridized carbons (Fsp3) is 0.444. The lowest BCUT2D eigenvalue weighted by molar-refractivity contribution is 0.104. The normalized spacial score (nSPS) is 13.8. The first-order chi connectivity index (χ1) is 16.6. The smallest absolute Gasteiger partial charge is 0.193 e. The van der Waals surface area contributed by atoms with Crippen LogP contribution in [0.3, 0.4) is 0 Å². The number of hydrogen-bond donors (Lipinski definition) is 0. The summed E-state index contributed by atoms with van der Waals surface area (Å²) in [5.41, 5.74) is 1.18. The van der Waals surface area contributed by atoms with Gasteiger partial charge >= 0.3 is 0 Å². The van der Waals surface area contributed by atoms with E-state index in [2.05, 4.69) is 4.90 Å². The topological polar surface area (TPSA) is 66.5 Å². The van der Waals surface area contributed by atoms with Crippen molar-refractivity contribution in [3.8, 4) is 28.7 Å².